The fraction of sp³-hybridized carbons (Fsp3) is 1.00. The van der Waals surface area contributed by atoms with Crippen molar-refractivity contribution >= 4 is 10.2 Å². The van der Waals surface area contributed by atoms with Gasteiger partial charge in [-0.3, -0.25) is 0 Å². The highest BCUT2D eigenvalue weighted by atomic mass is 32.2. The Kier molecular flexibility index (Phi) is 5.87. The van der Waals surface area contributed by atoms with Crippen molar-refractivity contribution in [2.75, 3.05) is 52.9 Å². The molecule has 3 rings (SSSR count). The number of hydrogen-bond donors (Lipinski definition) is 1. The zero-order valence-corrected chi connectivity index (χ0v) is 16.2. The van der Waals surface area contributed by atoms with Gasteiger partial charge in [0.2, 0.25) is 0 Å². The van der Waals surface area contributed by atoms with Crippen LogP contribution in [-0.4, -0.2) is 80.8 Å². The first-order valence-electron chi connectivity index (χ1n) is 9.57. The van der Waals surface area contributed by atoms with Crippen molar-refractivity contribution in [1.29, 1.82) is 0 Å². The van der Waals surface area contributed by atoms with Crippen LogP contribution in [-0.2, 0) is 10.2 Å². The Morgan fingerprint density at radius 3 is 2.38 bits per heavy atom. The van der Waals surface area contributed by atoms with Gasteiger partial charge in [0.1, 0.15) is 0 Å². The van der Waals surface area contributed by atoms with E-state index in [0.717, 1.165) is 58.4 Å². The highest BCUT2D eigenvalue weighted by Crippen LogP contribution is 2.28. The van der Waals surface area contributed by atoms with Crippen LogP contribution in [0, 0.1) is 5.41 Å². The minimum Gasteiger partial charge on any atom is -0.316 e. The van der Waals surface area contributed by atoms with Gasteiger partial charge in [-0.05, 0) is 31.2 Å². The molecule has 0 bridgehead atoms. The summed E-state index contributed by atoms with van der Waals surface area (Å²) in [6.45, 7) is 8.57. The van der Waals surface area contributed by atoms with Gasteiger partial charge in [0.15, 0.2) is 0 Å². The zero-order chi connectivity index (χ0) is 17.2. The highest BCUT2D eigenvalue weighted by Gasteiger charge is 2.36. The minimum absolute atomic E-state index is 0.199. The Labute approximate surface area is 147 Å². The van der Waals surface area contributed by atoms with Gasteiger partial charge < -0.3 is 10.2 Å². The molecule has 0 amide bonds. The Morgan fingerprint density at radius 2 is 1.79 bits per heavy atom. The lowest BCUT2D eigenvalue weighted by atomic mass is 9.89. The molecule has 1 unspecified atom stereocenters. The third-order valence-corrected chi connectivity index (χ3v) is 8.22. The molecule has 2 heterocycles. The molecule has 2 aliphatic heterocycles. The maximum absolute atomic E-state index is 12.9. The summed E-state index contributed by atoms with van der Waals surface area (Å²) in [6.07, 6.45) is 6.81. The van der Waals surface area contributed by atoms with Crippen molar-refractivity contribution in [1.82, 2.24) is 18.8 Å². The molecule has 0 radical (unpaired) electrons. The Morgan fingerprint density at radius 1 is 1.12 bits per heavy atom. The maximum atomic E-state index is 12.9. The lowest BCUT2D eigenvalue weighted by Crippen LogP contribution is -2.55. The summed E-state index contributed by atoms with van der Waals surface area (Å²) >= 11 is 0. The average molecular weight is 359 g/mol. The van der Waals surface area contributed by atoms with Crippen LogP contribution in [0.3, 0.4) is 0 Å². The maximum Gasteiger partial charge on any atom is 0.282 e. The van der Waals surface area contributed by atoms with Crippen molar-refractivity contribution in [2.24, 2.45) is 5.41 Å². The Balaban J connectivity index is 1.53. The van der Waals surface area contributed by atoms with E-state index in [1.54, 1.807) is 15.7 Å². The quantitative estimate of drug-likeness (QED) is 0.800. The normalized spacial score (nSPS) is 31.8. The Hall–Kier alpha value is -0.210. The van der Waals surface area contributed by atoms with Gasteiger partial charge in [-0.2, -0.15) is 17.0 Å². The van der Waals surface area contributed by atoms with E-state index in [9.17, 15) is 8.42 Å². The number of hydrogen-bond acceptors (Lipinski definition) is 4. The molecule has 1 saturated carbocycles. The third-order valence-electron chi connectivity index (χ3n) is 6.17. The number of rotatable bonds is 5. The van der Waals surface area contributed by atoms with Crippen molar-refractivity contribution < 1.29 is 8.42 Å². The summed E-state index contributed by atoms with van der Waals surface area (Å²) in [5.74, 6) is 0. The summed E-state index contributed by atoms with van der Waals surface area (Å²) in [6, 6.07) is 0.199. The first-order valence-corrected chi connectivity index (χ1v) is 11.0. The van der Waals surface area contributed by atoms with Crippen LogP contribution in [0.15, 0.2) is 0 Å². The van der Waals surface area contributed by atoms with Crippen molar-refractivity contribution in [2.45, 2.75) is 51.5 Å². The monoisotopic (exact) mass is 358 g/mol. The second kappa shape index (κ2) is 7.58. The van der Waals surface area contributed by atoms with Crippen LogP contribution in [0.2, 0.25) is 0 Å². The lowest BCUT2D eigenvalue weighted by molar-refractivity contribution is 0.128. The third kappa shape index (κ3) is 4.12. The van der Waals surface area contributed by atoms with Crippen molar-refractivity contribution in [3.05, 3.63) is 0 Å². The van der Waals surface area contributed by atoms with Crippen LogP contribution < -0.4 is 5.32 Å². The molecular formula is C17H34N4O2S. The molecule has 3 fully saturated rings. The molecule has 0 aromatic rings. The number of nitrogens with one attached hydrogen (secondary N) is 1. The lowest BCUT2D eigenvalue weighted by Gasteiger charge is -2.40. The molecule has 0 spiro atoms. The van der Waals surface area contributed by atoms with E-state index in [-0.39, 0.29) is 6.04 Å². The molecule has 1 N–H and O–H groups in total. The first kappa shape index (κ1) is 18.6. The molecule has 24 heavy (non-hydrogen) atoms. The van der Waals surface area contributed by atoms with E-state index in [1.165, 1.54) is 12.8 Å². The van der Waals surface area contributed by atoms with Crippen LogP contribution in [0.1, 0.15) is 45.4 Å². The van der Waals surface area contributed by atoms with Crippen molar-refractivity contribution in [3.8, 4) is 0 Å². The summed E-state index contributed by atoms with van der Waals surface area (Å²) in [5.41, 5.74) is 0.347. The van der Waals surface area contributed by atoms with E-state index in [1.807, 2.05) is 0 Å². The van der Waals surface area contributed by atoms with E-state index >= 15 is 0 Å². The fourth-order valence-corrected chi connectivity index (χ4v) is 6.05. The standard InChI is InChI=1S/C17H34N4O2S/c1-17(8-9-18-14-17)15-20-10-12-21(13-11-20)24(22,23)19(2)16-6-4-3-5-7-16/h16,18H,3-15H2,1-2H3. The SMILES string of the molecule is CN(C1CCCCC1)S(=O)(=O)N1CCN(CC2(C)CCNC2)CC1. The van der Waals surface area contributed by atoms with Gasteiger partial charge >= 0.3 is 0 Å². The first-order chi connectivity index (χ1) is 11.4. The highest BCUT2D eigenvalue weighted by molar-refractivity contribution is 7.86. The molecule has 3 aliphatic rings. The Bertz CT molecular complexity index is 505. The van der Waals surface area contributed by atoms with E-state index in [0.29, 0.717) is 18.5 Å². The summed E-state index contributed by atoms with van der Waals surface area (Å²) in [7, 11) is -1.52. The van der Waals surface area contributed by atoms with Crippen LogP contribution in [0.5, 0.6) is 0 Å². The topological polar surface area (TPSA) is 55.9 Å². The van der Waals surface area contributed by atoms with Gasteiger partial charge in [0.05, 0.1) is 0 Å². The van der Waals surface area contributed by atoms with Gasteiger partial charge in [0, 0.05) is 52.4 Å². The predicted octanol–water partition coefficient (Wildman–Crippen LogP) is 1.11. The van der Waals surface area contributed by atoms with E-state index in [4.69, 9.17) is 0 Å². The molecule has 6 nitrogen and oxygen atoms in total. The molecular weight excluding hydrogens is 324 g/mol. The summed E-state index contributed by atoms with van der Waals surface area (Å²) in [5, 5.41) is 3.45. The number of nitrogens with zero attached hydrogens (tertiary/aromatic N) is 3. The van der Waals surface area contributed by atoms with Gasteiger partial charge in [-0.15, -0.1) is 0 Å². The molecule has 0 aromatic heterocycles. The molecule has 2 saturated heterocycles. The second-order valence-electron chi connectivity index (χ2n) is 8.23. The molecule has 1 atom stereocenters. The van der Waals surface area contributed by atoms with Crippen LogP contribution in [0.4, 0.5) is 0 Å². The number of piperazine rings is 1. The molecule has 1 aliphatic carbocycles. The predicted molar refractivity (Wildman–Crippen MR) is 97.2 cm³/mol. The molecule has 140 valence electrons. The van der Waals surface area contributed by atoms with Crippen molar-refractivity contribution in [3.63, 3.8) is 0 Å². The minimum atomic E-state index is -3.30. The largest absolute Gasteiger partial charge is 0.316 e. The van der Waals surface area contributed by atoms with Gasteiger partial charge in [-0.1, -0.05) is 26.2 Å². The zero-order valence-electron chi connectivity index (χ0n) is 15.3. The van der Waals surface area contributed by atoms with E-state index < -0.39 is 10.2 Å². The fourth-order valence-electron chi connectivity index (χ4n) is 4.48. The average Bonchev–Trinajstić information content (AvgIpc) is 3.01. The molecule has 0 aromatic carbocycles. The smallest absolute Gasteiger partial charge is 0.282 e. The summed E-state index contributed by atoms with van der Waals surface area (Å²) in [4.78, 5) is 2.44. The van der Waals surface area contributed by atoms with Crippen LogP contribution in [0.25, 0.3) is 0 Å². The van der Waals surface area contributed by atoms with Crippen LogP contribution >= 0.6 is 0 Å². The van der Waals surface area contributed by atoms with E-state index in [2.05, 4.69) is 17.1 Å². The molecule has 7 heteroatoms. The van der Waals surface area contributed by atoms with Gasteiger partial charge in [-0.25, -0.2) is 0 Å². The summed E-state index contributed by atoms with van der Waals surface area (Å²) < 4.78 is 29.2. The van der Waals surface area contributed by atoms with Gasteiger partial charge in [0.25, 0.3) is 10.2 Å². The second-order valence-corrected chi connectivity index (χ2v) is 10.2.